The second-order valence-electron chi connectivity index (χ2n) is 5.10. The van der Waals surface area contributed by atoms with Crippen molar-refractivity contribution in [1.82, 2.24) is 9.62 Å². The molecular weight excluding hydrogens is 276 g/mol. The molecule has 0 aromatic heterocycles. The molecule has 1 aromatic carbocycles. The van der Waals surface area contributed by atoms with E-state index in [0.29, 0.717) is 29.7 Å². The lowest BCUT2D eigenvalue weighted by Crippen LogP contribution is -2.42. The summed E-state index contributed by atoms with van der Waals surface area (Å²) in [6.07, 6.45) is 2.00. The normalized spacial score (nSPS) is 20.8. The minimum atomic E-state index is -3.39. The monoisotopic (exact) mass is 298 g/mol. The molecular formula is C14H22N2O3S. The van der Waals surface area contributed by atoms with E-state index in [2.05, 4.69) is 5.32 Å². The van der Waals surface area contributed by atoms with Crippen molar-refractivity contribution >= 4 is 10.0 Å². The van der Waals surface area contributed by atoms with Crippen molar-refractivity contribution in [2.24, 2.45) is 5.92 Å². The van der Waals surface area contributed by atoms with E-state index < -0.39 is 10.0 Å². The highest BCUT2D eigenvalue weighted by molar-refractivity contribution is 7.89. The zero-order chi connectivity index (χ0) is 14.6. The maximum Gasteiger partial charge on any atom is 0.243 e. The largest absolute Gasteiger partial charge is 0.497 e. The van der Waals surface area contributed by atoms with E-state index in [1.54, 1.807) is 35.7 Å². The quantitative estimate of drug-likeness (QED) is 0.890. The summed E-state index contributed by atoms with van der Waals surface area (Å²) in [6, 6.07) is 6.58. The van der Waals surface area contributed by atoms with Crippen molar-refractivity contribution in [3.8, 4) is 5.75 Å². The molecule has 5 nitrogen and oxygen atoms in total. The molecule has 0 saturated carbocycles. The van der Waals surface area contributed by atoms with Crippen LogP contribution in [0.5, 0.6) is 5.75 Å². The maximum atomic E-state index is 12.6. The number of nitrogens with zero attached hydrogens (tertiary/aromatic N) is 1. The van der Waals surface area contributed by atoms with Crippen molar-refractivity contribution in [3.63, 3.8) is 0 Å². The van der Waals surface area contributed by atoms with Crippen LogP contribution < -0.4 is 10.1 Å². The Balaban J connectivity index is 2.16. The first-order valence-electron chi connectivity index (χ1n) is 6.86. The van der Waals surface area contributed by atoms with Gasteiger partial charge in [0.25, 0.3) is 0 Å². The van der Waals surface area contributed by atoms with Crippen molar-refractivity contribution < 1.29 is 13.2 Å². The smallest absolute Gasteiger partial charge is 0.243 e. The van der Waals surface area contributed by atoms with Gasteiger partial charge in [-0.25, -0.2) is 8.42 Å². The summed E-state index contributed by atoms with van der Waals surface area (Å²) in [5, 5.41) is 3.13. The van der Waals surface area contributed by atoms with Crippen LogP contribution in [0.3, 0.4) is 0 Å². The minimum absolute atomic E-state index is 0.336. The van der Waals surface area contributed by atoms with Gasteiger partial charge in [0.1, 0.15) is 5.75 Å². The van der Waals surface area contributed by atoms with Crippen LogP contribution in [0.1, 0.15) is 12.8 Å². The molecule has 1 saturated heterocycles. The molecule has 1 N–H and O–H groups in total. The van der Waals surface area contributed by atoms with Gasteiger partial charge in [-0.15, -0.1) is 0 Å². The fourth-order valence-electron chi connectivity index (χ4n) is 2.60. The standard InChI is InChI=1S/C14H22N2O3S/c1-15-10-12-4-3-9-16(11-12)20(17,18)14-7-5-13(19-2)6-8-14/h5-8,12,15H,3-4,9-11H2,1-2H3. The predicted molar refractivity (Wildman–Crippen MR) is 78.4 cm³/mol. The average Bonchev–Trinajstić information content (AvgIpc) is 2.48. The first-order valence-corrected chi connectivity index (χ1v) is 8.30. The Morgan fingerprint density at radius 1 is 1.35 bits per heavy atom. The topological polar surface area (TPSA) is 58.6 Å². The number of benzene rings is 1. The summed E-state index contributed by atoms with van der Waals surface area (Å²) in [4.78, 5) is 0.336. The molecule has 20 heavy (non-hydrogen) atoms. The van der Waals surface area contributed by atoms with E-state index in [1.165, 1.54) is 0 Å². The molecule has 1 atom stereocenters. The van der Waals surface area contributed by atoms with Crippen LogP contribution in [-0.4, -0.2) is 46.5 Å². The average molecular weight is 298 g/mol. The van der Waals surface area contributed by atoms with E-state index >= 15 is 0 Å². The summed E-state index contributed by atoms with van der Waals surface area (Å²) in [7, 11) is 0.0774. The molecule has 0 spiro atoms. The fourth-order valence-corrected chi connectivity index (χ4v) is 4.15. The molecule has 2 rings (SSSR count). The van der Waals surface area contributed by atoms with Crippen LogP contribution in [0.2, 0.25) is 0 Å². The Morgan fingerprint density at radius 3 is 2.65 bits per heavy atom. The molecule has 112 valence electrons. The summed E-state index contributed by atoms with van der Waals surface area (Å²) in [5.41, 5.74) is 0. The third kappa shape index (κ3) is 3.31. The van der Waals surface area contributed by atoms with Gasteiger partial charge >= 0.3 is 0 Å². The zero-order valence-corrected chi connectivity index (χ0v) is 12.8. The molecule has 0 aliphatic carbocycles. The lowest BCUT2D eigenvalue weighted by Gasteiger charge is -2.31. The van der Waals surface area contributed by atoms with Crippen LogP contribution in [0.4, 0.5) is 0 Å². The lowest BCUT2D eigenvalue weighted by atomic mass is 10.00. The second kappa shape index (κ2) is 6.56. The summed E-state index contributed by atoms with van der Waals surface area (Å²) < 4.78 is 31.9. The van der Waals surface area contributed by atoms with Crippen molar-refractivity contribution in [1.29, 1.82) is 0 Å². The Bertz CT molecular complexity index is 526. The zero-order valence-electron chi connectivity index (χ0n) is 12.0. The number of rotatable bonds is 5. The Labute approximate surface area is 121 Å². The van der Waals surface area contributed by atoms with Crippen LogP contribution >= 0.6 is 0 Å². The second-order valence-corrected chi connectivity index (χ2v) is 7.04. The van der Waals surface area contributed by atoms with Crippen molar-refractivity contribution in [2.45, 2.75) is 17.7 Å². The molecule has 1 aliphatic rings. The lowest BCUT2D eigenvalue weighted by molar-refractivity contribution is 0.263. The molecule has 6 heteroatoms. The Hall–Kier alpha value is -1.11. The first kappa shape index (κ1) is 15.3. The number of piperidine rings is 1. The Kier molecular flexibility index (Phi) is 5.01. The SMILES string of the molecule is CNCC1CCCN(S(=O)(=O)c2ccc(OC)cc2)C1. The minimum Gasteiger partial charge on any atom is -0.497 e. The van der Waals surface area contributed by atoms with Crippen molar-refractivity contribution in [3.05, 3.63) is 24.3 Å². The number of hydrogen-bond acceptors (Lipinski definition) is 4. The highest BCUT2D eigenvalue weighted by atomic mass is 32.2. The highest BCUT2D eigenvalue weighted by Crippen LogP contribution is 2.24. The van der Waals surface area contributed by atoms with E-state index in [0.717, 1.165) is 19.4 Å². The van der Waals surface area contributed by atoms with Crippen LogP contribution in [0.15, 0.2) is 29.2 Å². The van der Waals surface area contributed by atoms with Gasteiger partial charge in [-0.3, -0.25) is 0 Å². The third-order valence-electron chi connectivity index (χ3n) is 3.67. The van der Waals surface area contributed by atoms with E-state index in [9.17, 15) is 8.42 Å². The molecule has 1 aliphatic heterocycles. The highest BCUT2D eigenvalue weighted by Gasteiger charge is 2.29. The number of sulfonamides is 1. The first-order chi connectivity index (χ1) is 9.57. The molecule has 1 heterocycles. The number of ether oxygens (including phenoxy) is 1. The van der Waals surface area contributed by atoms with Crippen LogP contribution in [-0.2, 0) is 10.0 Å². The maximum absolute atomic E-state index is 12.6. The van der Waals surface area contributed by atoms with Gasteiger partial charge in [0.15, 0.2) is 0 Å². The number of nitrogens with one attached hydrogen (secondary N) is 1. The van der Waals surface area contributed by atoms with Crippen LogP contribution in [0.25, 0.3) is 0 Å². The summed E-state index contributed by atoms with van der Waals surface area (Å²) in [5.74, 6) is 1.05. The number of methoxy groups -OCH3 is 1. The van der Waals surface area contributed by atoms with Gasteiger partial charge in [-0.1, -0.05) is 0 Å². The van der Waals surface area contributed by atoms with Gasteiger partial charge in [0, 0.05) is 13.1 Å². The van der Waals surface area contributed by atoms with Gasteiger partial charge in [0.05, 0.1) is 12.0 Å². The predicted octanol–water partition coefficient (Wildman–Crippen LogP) is 1.32. The number of hydrogen-bond donors (Lipinski definition) is 1. The van der Waals surface area contributed by atoms with Crippen molar-refractivity contribution in [2.75, 3.05) is 33.8 Å². The van der Waals surface area contributed by atoms with E-state index in [1.807, 2.05) is 7.05 Å². The van der Waals surface area contributed by atoms with E-state index in [-0.39, 0.29) is 0 Å². The van der Waals surface area contributed by atoms with Gasteiger partial charge < -0.3 is 10.1 Å². The molecule has 0 radical (unpaired) electrons. The molecule has 1 fully saturated rings. The molecule has 0 bridgehead atoms. The van der Waals surface area contributed by atoms with Gasteiger partial charge in [-0.2, -0.15) is 4.31 Å². The van der Waals surface area contributed by atoms with Crippen LogP contribution in [0, 0.1) is 5.92 Å². The molecule has 1 unspecified atom stereocenters. The molecule has 1 aromatic rings. The summed E-state index contributed by atoms with van der Waals surface area (Å²) >= 11 is 0. The molecule has 0 amide bonds. The Morgan fingerprint density at radius 2 is 2.05 bits per heavy atom. The van der Waals surface area contributed by atoms with Gasteiger partial charge in [-0.05, 0) is 56.6 Å². The summed E-state index contributed by atoms with van der Waals surface area (Å²) in [6.45, 7) is 2.05. The third-order valence-corrected chi connectivity index (χ3v) is 5.55. The van der Waals surface area contributed by atoms with Gasteiger partial charge in [0.2, 0.25) is 10.0 Å². The fraction of sp³-hybridized carbons (Fsp3) is 0.571. The van der Waals surface area contributed by atoms with E-state index in [4.69, 9.17) is 4.74 Å².